The van der Waals surface area contributed by atoms with Gasteiger partial charge in [0.2, 0.25) is 0 Å². The minimum absolute atomic E-state index is 0.282. The lowest BCUT2D eigenvalue weighted by molar-refractivity contribution is 0.749. The summed E-state index contributed by atoms with van der Waals surface area (Å²) >= 11 is 5.91. The number of nitrogens with zero attached hydrogens (tertiary/aromatic N) is 4. The van der Waals surface area contributed by atoms with E-state index < -0.39 is 0 Å². The van der Waals surface area contributed by atoms with E-state index in [0.717, 1.165) is 22.8 Å². The van der Waals surface area contributed by atoms with Gasteiger partial charge < -0.3 is 4.57 Å². The first-order chi connectivity index (χ1) is 12.6. The second-order valence-electron chi connectivity index (χ2n) is 6.84. The summed E-state index contributed by atoms with van der Waals surface area (Å²) in [6.45, 7) is 4.26. The van der Waals surface area contributed by atoms with Gasteiger partial charge in [0.15, 0.2) is 0 Å². The second-order valence-corrected chi connectivity index (χ2v) is 7.23. The van der Waals surface area contributed by atoms with Crippen molar-refractivity contribution >= 4 is 11.6 Å². The van der Waals surface area contributed by atoms with Crippen LogP contribution in [0.25, 0.3) is 5.69 Å². The van der Waals surface area contributed by atoms with Gasteiger partial charge >= 0.3 is 0 Å². The number of hydrogen-bond acceptors (Lipinski definition) is 3. The fraction of sp³-hybridized carbons (Fsp3) is 0.286. The molecule has 1 aliphatic carbocycles. The molecule has 4 rings (SSSR count). The molecule has 1 aliphatic rings. The lowest BCUT2D eigenvalue weighted by atomic mass is 10.2. The predicted octanol–water partition coefficient (Wildman–Crippen LogP) is 4.72. The van der Waals surface area contributed by atoms with Crippen molar-refractivity contribution in [1.29, 1.82) is 0 Å². The van der Waals surface area contributed by atoms with Gasteiger partial charge in [-0.25, -0.2) is 9.97 Å². The van der Waals surface area contributed by atoms with Gasteiger partial charge in [0.25, 0.3) is 0 Å². The Bertz CT molecular complexity index is 989. The smallest absolute Gasteiger partial charge is 0.132 e. The molecule has 5 heteroatoms. The molecule has 3 aromatic heterocycles. The van der Waals surface area contributed by atoms with Crippen molar-refractivity contribution in [3.05, 3.63) is 70.8 Å². The zero-order valence-corrected chi connectivity index (χ0v) is 15.5. The standard InChI is InChI=1S/C21H19ClN4/c1-14(2)21-25-17(6-3-15-9-10-23-20(22)11-15)13-26(21)18-7-8-19(24-12-18)16-4-5-16/h7-14,16H,4-5H2,1-2H3. The molecule has 4 nitrogen and oxygen atoms in total. The Balaban J connectivity index is 1.67. The van der Waals surface area contributed by atoms with E-state index >= 15 is 0 Å². The van der Waals surface area contributed by atoms with E-state index in [2.05, 4.69) is 52.4 Å². The number of imidazole rings is 1. The molecule has 0 spiro atoms. The molecule has 26 heavy (non-hydrogen) atoms. The fourth-order valence-corrected chi connectivity index (χ4v) is 3.02. The molecule has 0 saturated heterocycles. The fourth-order valence-electron chi connectivity index (χ4n) is 2.85. The number of pyridine rings is 2. The number of hydrogen-bond donors (Lipinski definition) is 0. The lowest BCUT2D eigenvalue weighted by Gasteiger charge is -2.10. The number of aromatic nitrogens is 4. The van der Waals surface area contributed by atoms with Crippen molar-refractivity contribution in [3.63, 3.8) is 0 Å². The third kappa shape index (κ3) is 3.63. The summed E-state index contributed by atoms with van der Waals surface area (Å²) in [5.74, 6) is 8.14. The molecular weight excluding hydrogens is 344 g/mol. The van der Waals surface area contributed by atoms with Crippen LogP contribution in [0.3, 0.4) is 0 Å². The average molecular weight is 363 g/mol. The molecule has 1 fully saturated rings. The normalized spacial score (nSPS) is 13.5. The zero-order chi connectivity index (χ0) is 18.1. The van der Waals surface area contributed by atoms with Crippen molar-refractivity contribution in [2.75, 3.05) is 0 Å². The summed E-state index contributed by atoms with van der Waals surface area (Å²) in [4.78, 5) is 13.3. The van der Waals surface area contributed by atoms with Gasteiger partial charge in [0, 0.05) is 35.5 Å². The van der Waals surface area contributed by atoms with E-state index in [0.29, 0.717) is 11.1 Å². The van der Waals surface area contributed by atoms with E-state index in [1.165, 1.54) is 18.5 Å². The van der Waals surface area contributed by atoms with Gasteiger partial charge in [-0.05, 0) is 43.0 Å². The summed E-state index contributed by atoms with van der Waals surface area (Å²) in [5, 5.41) is 0.437. The highest BCUT2D eigenvalue weighted by Gasteiger charge is 2.24. The second kappa shape index (κ2) is 6.93. The molecule has 0 atom stereocenters. The van der Waals surface area contributed by atoms with Crippen molar-refractivity contribution in [1.82, 2.24) is 19.5 Å². The molecule has 0 aliphatic heterocycles. The van der Waals surface area contributed by atoms with Crippen LogP contribution in [-0.2, 0) is 0 Å². The molecule has 0 amide bonds. The summed E-state index contributed by atoms with van der Waals surface area (Å²) in [5.41, 5.74) is 3.76. The maximum absolute atomic E-state index is 5.91. The molecule has 0 N–H and O–H groups in total. The monoisotopic (exact) mass is 362 g/mol. The van der Waals surface area contributed by atoms with Crippen LogP contribution in [-0.4, -0.2) is 19.5 Å². The molecule has 3 heterocycles. The van der Waals surface area contributed by atoms with Crippen molar-refractivity contribution in [2.24, 2.45) is 0 Å². The van der Waals surface area contributed by atoms with Crippen LogP contribution in [0.4, 0.5) is 0 Å². The minimum atomic E-state index is 0.282. The van der Waals surface area contributed by atoms with E-state index in [1.54, 1.807) is 12.3 Å². The Morgan fingerprint density at radius 1 is 1.15 bits per heavy atom. The quantitative estimate of drug-likeness (QED) is 0.500. The highest BCUT2D eigenvalue weighted by molar-refractivity contribution is 6.29. The van der Waals surface area contributed by atoms with Gasteiger partial charge in [-0.2, -0.15) is 0 Å². The molecule has 0 bridgehead atoms. The predicted molar refractivity (Wildman–Crippen MR) is 103 cm³/mol. The molecule has 1 saturated carbocycles. The largest absolute Gasteiger partial charge is 0.301 e. The first-order valence-electron chi connectivity index (χ1n) is 8.79. The van der Waals surface area contributed by atoms with Crippen molar-refractivity contribution < 1.29 is 0 Å². The highest BCUT2D eigenvalue weighted by Crippen LogP contribution is 2.38. The molecule has 3 aromatic rings. The Hall–Kier alpha value is -2.64. The van der Waals surface area contributed by atoms with Crippen LogP contribution in [0.1, 0.15) is 61.3 Å². The maximum Gasteiger partial charge on any atom is 0.132 e. The molecule has 130 valence electrons. The van der Waals surface area contributed by atoms with Gasteiger partial charge in [-0.3, -0.25) is 4.98 Å². The Morgan fingerprint density at radius 3 is 2.65 bits per heavy atom. The summed E-state index contributed by atoms with van der Waals surface area (Å²) in [6, 6.07) is 7.82. The first kappa shape index (κ1) is 16.8. The van der Waals surface area contributed by atoms with Crippen molar-refractivity contribution in [3.8, 4) is 17.5 Å². The third-order valence-corrected chi connectivity index (χ3v) is 4.56. The van der Waals surface area contributed by atoms with E-state index in [-0.39, 0.29) is 5.92 Å². The van der Waals surface area contributed by atoms with Crippen LogP contribution in [0.5, 0.6) is 0 Å². The van der Waals surface area contributed by atoms with Gasteiger partial charge in [0.1, 0.15) is 16.7 Å². The van der Waals surface area contributed by atoms with Crippen LogP contribution in [0.2, 0.25) is 5.15 Å². The topological polar surface area (TPSA) is 43.6 Å². The van der Waals surface area contributed by atoms with Crippen LogP contribution < -0.4 is 0 Å². The summed E-state index contributed by atoms with van der Waals surface area (Å²) < 4.78 is 2.08. The summed E-state index contributed by atoms with van der Waals surface area (Å²) in [6.07, 6.45) is 8.07. The minimum Gasteiger partial charge on any atom is -0.301 e. The SMILES string of the molecule is CC(C)c1nc(C#Cc2ccnc(Cl)c2)cn1-c1ccc(C2CC2)nc1. The van der Waals surface area contributed by atoms with Crippen LogP contribution >= 0.6 is 11.6 Å². The molecule has 0 radical (unpaired) electrons. The third-order valence-electron chi connectivity index (χ3n) is 4.36. The van der Waals surface area contributed by atoms with E-state index in [1.807, 2.05) is 18.5 Å². The van der Waals surface area contributed by atoms with Crippen LogP contribution in [0.15, 0.2) is 42.9 Å². The van der Waals surface area contributed by atoms with Crippen molar-refractivity contribution in [2.45, 2.75) is 38.5 Å². The summed E-state index contributed by atoms with van der Waals surface area (Å²) in [7, 11) is 0. The van der Waals surface area contributed by atoms with Gasteiger partial charge in [-0.1, -0.05) is 31.4 Å². The zero-order valence-electron chi connectivity index (χ0n) is 14.8. The number of halogens is 1. The Morgan fingerprint density at radius 2 is 2.00 bits per heavy atom. The first-order valence-corrected chi connectivity index (χ1v) is 9.17. The molecule has 0 aromatic carbocycles. The van der Waals surface area contributed by atoms with Gasteiger partial charge in [-0.15, -0.1) is 0 Å². The molecule has 0 unspecified atom stereocenters. The van der Waals surface area contributed by atoms with E-state index in [9.17, 15) is 0 Å². The van der Waals surface area contributed by atoms with E-state index in [4.69, 9.17) is 16.6 Å². The molecular formula is C21H19ClN4. The Labute approximate surface area is 158 Å². The highest BCUT2D eigenvalue weighted by atomic mass is 35.5. The Kier molecular flexibility index (Phi) is 4.48. The lowest BCUT2D eigenvalue weighted by Crippen LogP contribution is -2.03. The van der Waals surface area contributed by atoms with Crippen LogP contribution in [0, 0.1) is 11.8 Å². The van der Waals surface area contributed by atoms with Gasteiger partial charge in [0.05, 0.1) is 11.9 Å². The maximum atomic E-state index is 5.91. The average Bonchev–Trinajstić information content (AvgIpc) is 3.39. The number of rotatable bonds is 3.